The largest absolute Gasteiger partial charge is 0.399 e. The molecule has 1 aromatic rings. The predicted octanol–water partition coefficient (Wildman–Crippen LogP) is 3.98. The molecule has 3 nitrogen and oxygen atoms in total. The Morgan fingerprint density at radius 1 is 1.14 bits per heavy atom. The topological polar surface area (TPSA) is 46.3 Å². The maximum atomic E-state index is 12.5. The molecule has 3 heteroatoms. The van der Waals surface area contributed by atoms with E-state index in [1.54, 1.807) is 0 Å². The van der Waals surface area contributed by atoms with Crippen LogP contribution < -0.4 is 5.73 Å². The zero-order chi connectivity index (χ0) is 15.1. The van der Waals surface area contributed by atoms with Crippen molar-refractivity contribution >= 4 is 11.6 Å². The lowest BCUT2D eigenvalue weighted by atomic mass is 9.96. The number of nitrogens with two attached hydrogens (primary N) is 1. The number of anilines is 1. The van der Waals surface area contributed by atoms with Crippen LogP contribution in [-0.2, 0) is 11.3 Å². The molecule has 21 heavy (non-hydrogen) atoms. The van der Waals surface area contributed by atoms with Gasteiger partial charge in [0.1, 0.15) is 0 Å². The molecule has 1 aliphatic rings. The van der Waals surface area contributed by atoms with Crippen LogP contribution in [0.2, 0.25) is 0 Å². The minimum Gasteiger partial charge on any atom is -0.399 e. The Kier molecular flexibility index (Phi) is 6.09. The van der Waals surface area contributed by atoms with Crippen molar-refractivity contribution in [1.29, 1.82) is 0 Å². The molecule has 0 atom stereocenters. The van der Waals surface area contributed by atoms with E-state index in [4.69, 9.17) is 5.73 Å². The van der Waals surface area contributed by atoms with Crippen molar-refractivity contribution in [1.82, 2.24) is 4.90 Å². The maximum Gasteiger partial charge on any atom is 0.223 e. The fourth-order valence-corrected chi connectivity index (χ4v) is 3.16. The van der Waals surface area contributed by atoms with Crippen LogP contribution in [-0.4, -0.2) is 17.4 Å². The van der Waals surface area contributed by atoms with Crippen molar-refractivity contribution in [3.63, 3.8) is 0 Å². The third-order valence-corrected chi connectivity index (χ3v) is 4.53. The molecule has 2 N–H and O–H groups in total. The van der Waals surface area contributed by atoms with Gasteiger partial charge < -0.3 is 10.6 Å². The number of hydrogen-bond acceptors (Lipinski definition) is 2. The highest BCUT2D eigenvalue weighted by Gasteiger charge is 2.19. The molecule has 0 heterocycles. The molecule has 1 fully saturated rings. The lowest BCUT2D eigenvalue weighted by Crippen LogP contribution is -2.31. The molecule has 2 rings (SSSR count). The van der Waals surface area contributed by atoms with Gasteiger partial charge in [0.05, 0.1) is 0 Å². The number of nitrogens with zero attached hydrogens (tertiary/aromatic N) is 1. The minimum atomic E-state index is 0.307. The van der Waals surface area contributed by atoms with E-state index >= 15 is 0 Å². The summed E-state index contributed by atoms with van der Waals surface area (Å²) in [6, 6.07) is 7.83. The highest BCUT2D eigenvalue weighted by Crippen LogP contribution is 2.26. The van der Waals surface area contributed by atoms with E-state index in [9.17, 15) is 4.79 Å². The van der Waals surface area contributed by atoms with Gasteiger partial charge in [0, 0.05) is 25.2 Å². The van der Waals surface area contributed by atoms with Crippen LogP contribution >= 0.6 is 0 Å². The van der Waals surface area contributed by atoms with Crippen molar-refractivity contribution in [2.45, 2.75) is 58.4 Å². The number of carbonyl (C=O) groups is 1. The van der Waals surface area contributed by atoms with E-state index in [2.05, 4.69) is 6.92 Å². The second-order valence-corrected chi connectivity index (χ2v) is 6.21. The van der Waals surface area contributed by atoms with Gasteiger partial charge in [0.15, 0.2) is 0 Å². The number of carbonyl (C=O) groups excluding carboxylic acids is 1. The van der Waals surface area contributed by atoms with Crippen LogP contribution in [0.15, 0.2) is 24.3 Å². The molecule has 0 spiro atoms. The molecule has 1 amide bonds. The summed E-state index contributed by atoms with van der Waals surface area (Å²) >= 11 is 0. The highest BCUT2D eigenvalue weighted by molar-refractivity contribution is 5.76. The van der Waals surface area contributed by atoms with Crippen LogP contribution in [0, 0.1) is 5.92 Å². The van der Waals surface area contributed by atoms with Crippen molar-refractivity contribution in [3.8, 4) is 0 Å². The summed E-state index contributed by atoms with van der Waals surface area (Å²) in [6.45, 7) is 3.53. The first kappa shape index (κ1) is 15.9. The first-order chi connectivity index (χ1) is 10.2. The SMILES string of the molecule is CCN(Cc1ccc(N)cc1)C(=O)CC1CCCCCC1. The summed E-state index contributed by atoms with van der Waals surface area (Å²) in [5, 5.41) is 0. The zero-order valence-electron chi connectivity index (χ0n) is 13.2. The first-order valence-corrected chi connectivity index (χ1v) is 8.31. The van der Waals surface area contributed by atoms with Crippen molar-refractivity contribution in [2.24, 2.45) is 5.92 Å². The Bertz CT molecular complexity index is 433. The van der Waals surface area contributed by atoms with E-state index in [1.165, 1.54) is 38.5 Å². The Balaban J connectivity index is 1.89. The molecule has 1 aromatic carbocycles. The average molecular weight is 288 g/mol. The van der Waals surface area contributed by atoms with Crippen LogP contribution in [0.5, 0.6) is 0 Å². The van der Waals surface area contributed by atoms with Gasteiger partial charge in [-0.2, -0.15) is 0 Å². The van der Waals surface area contributed by atoms with Crippen LogP contribution in [0.4, 0.5) is 5.69 Å². The Morgan fingerprint density at radius 2 is 1.76 bits per heavy atom. The summed E-state index contributed by atoms with van der Waals surface area (Å²) in [7, 11) is 0. The lowest BCUT2D eigenvalue weighted by Gasteiger charge is -2.24. The number of amides is 1. The van der Waals surface area contributed by atoms with E-state index in [-0.39, 0.29) is 0 Å². The third kappa shape index (κ3) is 5.07. The lowest BCUT2D eigenvalue weighted by molar-refractivity contribution is -0.132. The van der Waals surface area contributed by atoms with E-state index < -0.39 is 0 Å². The van der Waals surface area contributed by atoms with Crippen LogP contribution in [0.3, 0.4) is 0 Å². The quantitative estimate of drug-likeness (QED) is 0.658. The van der Waals surface area contributed by atoms with Gasteiger partial charge in [-0.05, 0) is 43.4 Å². The van der Waals surface area contributed by atoms with E-state index in [1.807, 2.05) is 29.2 Å². The molecule has 1 saturated carbocycles. The van der Waals surface area contributed by atoms with E-state index in [0.717, 1.165) is 24.2 Å². The Labute approximate surface area is 128 Å². The summed E-state index contributed by atoms with van der Waals surface area (Å²) in [5.74, 6) is 0.904. The molecular weight excluding hydrogens is 260 g/mol. The summed E-state index contributed by atoms with van der Waals surface area (Å²) in [4.78, 5) is 14.5. The summed E-state index contributed by atoms with van der Waals surface area (Å²) < 4.78 is 0. The van der Waals surface area contributed by atoms with Crippen molar-refractivity contribution in [3.05, 3.63) is 29.8 Å². The molecule has 0 saturated heterocycles. The predicted molar refractivity (Wildman–Crippen MR) is 87.8 cm³/mol. The monoisotopic (exact) mass is 288 g/mol. The highest BCUT2D eigenvalue weighted by atomic mass is 16.2. The standard InChI is InChI=1S/C18H28N2O/c1-2-20(14-16-9-11-17(19)12-10-16)18(21)13-15-7-5-3-4-6-8-15/h9-12,15H,2-8,13-14,19H2,1H3. The molecule has 0 aromatic heterocycles. The normalized spacial score (nSPS) is 16.4. The van der Waals surface area contributed by atoms with Crippen molar-refractivity contribution < 1.29 is 4.79 Å². The second kappa shape index (κ2) is 8.06. The number of hydrogen-bond donors (Lipinski definition) is 1. The molecule has 1 aliphatic carbocycles. The smallest absolute Gasteiger partial charge is 0.223 e. The Hall–Kier alpha value is -1.51. The maximum absolute atomic E-state index is 12.5. The van der Waals surface area contributed by atoms with Gasteiger partial charge >= 0.3 is 0 Å². The molecule has 0 radical (unpaired) electrons. The number of benzene rings is 1. The molecule has 0 aliphatic heterocycles. The molecular formula is C18H28N2O. The van der Waals surface area contributed by atoms with Gasteiger partial charge in [0.2, 0.25) is 5.91 Å². The number of rotatable bonds is 5. The molecule has 0 unspecified atom stereocenters. The van der Waals surface area contributed by atoms with Crippen LogP contribution in [0.1, 0.15) is 57.4 Å². The Morgan fingerprint density at radius 3 is 2.33 bits per heavy atom. The van der Waals surface area contributed by atoms with Gasteiger partial charge in [-0.15, -0.1) is 0 Å². The summed E-state index contributed by atoms with van der Waals surface area (Å²) in [5.41, 5.74) is 7.63. The number of nitrogen functional groups attached to an aromatic ring is 1. The third-order valence-electron chi connectivity index (χ3n) is 4.53. The zero-order valence-corrected chi connectivity index (χ0v) is 13.2. The first-order valence-electron chi connectivity index (χ1n) is 8.31. The second-order valence-electron chi connectivity index (χ2n) is 6.21. The van der Waals surface area contributed by atoms with Crippen molar-refractivity contribution in [2.75, 3.05) is 12.3 Å². The van der Waals surface area contributed by atoms with Gasteiger partial charge in [-0.25, -0.2) is 0 Å². The molecule has 0 bridgehead atoms. The van der Waals surface area contributed by atoms with Gasteiger partial charge in [-0.1, -0.05) is 37.8 Å². The van der Waals surface area contributed by atoms with Gasteiger partial charge in [0.25, 0.3) is 0 Å². The van der Waals surface area contributed by atoms with Gasteiger partial charge in [-0.3, -0.25) is 4.79 Å². The minimum absolute atomic E-state index is 0.307. The van der Waals surface area contributed by atoms with Crippen LogP contribution in [0.25, 0.3) is 0 Å². The summed E-state index contributed by atoms with van der Waals surface area (Å²) in [6.07, 6.45) is 8.45. The molecule has 116 valence electrons. The van der Waals surface area contributed by atoms with E-state index in [0.29, 0.717) is 18.4 Å². The fourth-order valence-electron chi connectivity index (χ4n) is 3.16. The fraction of sp³-hybridized carbons (Fsp3) is 0.611. The average Bonchev–Trinajstić information content (AvgIpc) is 2.75.